The molecule has 1 saturated heterocycles. The zero-order valence-corrected chi connectivity index (χ0v) is 17.3. The zero-order chi connectivity index (χ0) is 20.1. The average Bonchev–Trinajstić information content (AvgIpc) is 2.59. The molecule has 1 amide bonds. The minimum absolute atomic E-state index is 0.0257. The monoisotopic (exact) mass is 417 g/mol. The average molecular weight is 418 g/mol. The maximum atomic E-state index is 12.7. The SMILES string of the molecule is CCCS(=O)(=O)N1CCCCC1C(=O)NCc1ccccc1NS(C)(=O)=O. The highest BCUT2D eigenvalue weighted by molar-refractivity contribution is 7.92. The number of amides is 1. The molecule has 0 radical (unpaired) electrons. The summed E-state index contributed by atoms with van der Waals surface area (Å²) >= 11 is 0. The Hall–Kier alpha value is -1.65. The van der Waals surface area contributed by atoms with Crippen LogP contribution < -0.4 is 10.0 Å². The number of sulfonamides is 2. The molecule has 0 aromatic heterocycles. The maximum absolute atomic E-state index is 12.7. The van der Waals surface area contributed by atoms with E-state index in [9.17, 15) is 21.6 Å². The minimum Gasteiger partial charge on any atom is -0.351 e. The topological polar surface area (TPSA) is 113 Å². The molecule has 0 spiro atoms. The molecule has 1 atom stereocenters. The molecule has 1 aliphatic rings. The van der Waals surface area contributed by atoms with E-state index in [2.05, 4.69) is 10.0 Å². The van der Waals surface area contributed by atoms with E-state index in [0.29, 0.717) is 30.6 Å². The van der Waals surface area contributed by atoms with Crippen LogP contribution in [0, 0.1) is 0 Å². The number of para-hydroxylation sites is 1. The molecule has 1 aliphatic heterocycles. The van der Waals surface area contributed by atoms with Crippen LogP contribution in [-0.4, -0.2) is 51.6 Å². The third-order valence-electron chi connectivity index (χ3n) is 4.34. The molecule has 1 fully saturated rings. The molecule has 1 heterocycles. The van der Waals surface area contributed by atoms with E-state index in [1.807, 2.05) is 0 Å². The molecule has 0 aliphatic carbocycles. The molecule has 1 aromatic carbocycles. The second-order valence-corrected chi connectivity index (χ2v) is 10.5. The quantitative estimate of drug-likeness (QED) is 0.661. The molecule has 152 valence electrons. The van der Waals surface area contributed by atoms with E-state index in [1.165, 1.54) is 4.31 Å². The first-order valence-corrected chi connectivity index (χ1v) is 12.5. The number of carbonyl (C=O) groups excluding carboxylic acids is 1. The molecule has 2 N–H and O–H groups in total. The van der Waals surface area contributed by atoms with Crippen molar-refractivity contribution in [3.05, 3.63) is 29.8 Å². The first kappa shape index (κ1) is 21.6. The predicted molar refractivity (Wildman–Crippen MR) is 105 cm³/mol. The maximum Gasteiger partial charge on any atom is 0.238 e. The van der Waals surface area contributed by atoms with Gasteiger partial charge in [-0.15, -0.1) is 0 Å². The molecular weight excluding hydrogens is 390 g/mol. The van der Waals surface area contributed by atoms with Gasteiger partial charge in [-0.25, -0.2) is 16.8 Å². The van der Waals surface area contributed by atoms with E-state index < -0.39 is 26.1 Å². The van der Waals surface area contributed by atoms with Gasteiger partial charge in [0.05, 0.1) is 17.7 Å². The van der Waals surface area contributed by atoms with Gasteiger partial charge in [-0.1, -0.05) is 31.5 Å². The first-order valence-electron chi connectivity index (χ1n) is 8.97. The van der Waals surface area contributed by atoms with Crippen LogP contribution in [0.2, 0.25) is 0 Å². The van der Waals surface area contributed by atoms with Gasteiger partial charge in [-0.3, -0.25) is 9.52 Å². The number of anilines is 1. The van der Waals surface area contributed by atoms with Crippen LogP contribution in [0.5, 0.6) is 0 Å². The second kappa shape index (κ2) is 9.03. The van der Waals surface area contributed by atoms with Crippen molar-refractivity contribution in [2.45, 2.75) is 45.2 Å². The van der Waals surface area contributed by atoms with Crippen molar-refractivity contribution in [2.75, 3.05) is 23.3 Å². The van der Waals surface area contributed by atoms with Crippen LogP contribution in [0.4, 0.5) is 5.69 Å². The lowest BCUT2D eigenvalue weighted by molar-refractivity contribution is -0.125. The highest BCUT2D eigenvalue weighted by Crippen LogP contribution is 2.22. The lowest BCUT2D eigenvalue weighted by Crippen LogP contribution is -2.52. The van der Waals surface area contributed by atoms with Crippen molar-refractivity contribution >= 4 is 31.6 Å². The van der Waals surface area contributed by atoms with Gasteiger partial charge in [0.2, 0.25) is 26.0 Å². The summed E-state index contributed by atoms with van der Waals surface area (Å²) in [5.74, 6) is -0.332. The Labute approximate surface area is 161 Å². The number of nitrogens with one attached hydrogen (secondary N) is 2. The first-order chi connectivity index (χ1) is 12.6. The Kier molecular flexibility index (Phi) is 7.24. The Bertz CT molecular complexity index is 868. The van der Waals surface area contributed by atoms with Crippen molar-refractivity contribution in [3.8, 4) is 0 Å². The fourth-order valence-electron chi connectivity index (χ4n) is 3.15. The highest BCUT2D eigenvalue weighted by atomic mass is 32.2. The number of rotatable bonds is 8. The molecule has 1 aromatic rings. The number of piperidine rings is 1. The second-order valence-electron chi connectivity index (χ2n) is 6.69. The van der Waals surface area contributed by atoms with Gasteiger partial charge < -0.3 is 5.32 Å². The Morgan fingerprint density at radius 2 is 1.89 bits per heavy atom. The molecule has 8 nitrogen and oxygen atoms in total. The van der Waals surface area contributed by atoms with Gasteiger partial charge >= 0.3 is 0 Å². The van der Waals surface area contributed by atoms with Gasteiger partial charge in [0.15, 0.2) is 0 Å². The minimum atomic E-state index is -3.46. The summed E-state index contributed by atoms with van der Waals surface area (Å²) < 4.78 is 51.6. The number of nitrogens with zero attached hydrogens (tertiary/aromatic N) is 1. The molecule has 0 saturated carbocycles. The summed E-state index contributed by atoms with van der Waals surface area (Å²) in [6.07, 6.45) is 3.58. The van der Waals surface area contributed by atoms with E-state index in [-0.39, 0.29) is 18.2 Å². The summed E-state index contributed by atoms with van der Waals surface area (Å²) in [5, 5.41) is 2.76. The summed E-state index contributed by atoms with van der Waals surface area (Å²) in [6.45, 7) is 2.25. The highest BCUT2D eigenvalue weighted by Gasteiger charge is 2.36. The number of benzene rings is 1. The van der Waals surface area contributed by atoms with Crippen LogP contribution in [0.25, 0.3) is 0 Å². The van der Waals surface area contributed by atoms with Crippen molar-refractivity contribution in [3.63, 3.8) is 0 Å². The van der Waals surface area contributed by atoms with Crippen molar-refractivity contribution in [1.29, 1.82) is 0 Å². The van der Waals surface area contributed by atoms with E-state index in [4.69, 9.17) is 0 Å². The largest absolute Gasteiger partial charge is 0.351 e. The molecule has 27 heavy (non-hydrogen) atoms. The Morgan fingerprint density at radius 1 is 1.19 bits per heavy atom. The van der Waals surface area contributed by atoms with Gasteiger partial charge in [0.25, 0.3) is 0 Å². The molecule has 1 unspecified atom stereocenters. The summed E-state index contributed by atoms with van der Waals surface area (Å²) in [7, 11) is -6.91. The third kappa shape index (κ3) is 6.18. The van der Waals surface area contributed by atoms with Crippen LogP contribution in [0.1, 0.15) is 38.2 Å². The fourth-order valence-corrected chi connectivity index (χ4v) is 5.49. The lowest BCUT2D eigenvalue weighted by atomic mass is 10.0. The predicted octanol–water partition coefficient (Wildman–Crippen LogP) is 1.27. The van der Waals surface area contributed by atoms with E-state index >= 15 is 0 Å². The van der Waals surface area contributed by atoms with Gasteiger partial charge in [0, 0.05) is 13.1 Å². The number of hydrogen-bond donors (Lipinski definition) is 2. The van der Waals surface area contributed by atoms with Gasteiger partial charge in [0.1, 0.15) is 6.04 Å². The summed E-state index contributed by atoms with van der Waals surface area (Å²) in [4.78, 5) is 12.7. The fraction of sp³-hybridized carbons (Fsp3) is 0.588. The molecule has 0 bridgehead atoms. The summed E-state index contributed by atoms with van der Waals surface area (Å²) in [5.41, 5.74) is 0.995. The number of carbonyl (C=O) groups is 1. The van der Waals surface area contributed by atoms with E-state index in [1.54, 1.807) is 31.2 Å². The Balaban J connectivity index is 2.11. The standard InChI is InChI=1S/C17H27N3O5S2/c1-3-12-27(24,25)20-11-7-6-10-16(20)17(21)18-13-14-8-4-5-9-15(14)19-26(2,22)23/h4-5,8-9,16,19H,3,6-7,10-13H2,1-2H3,(H,18,21). The third-order valence-corrected chi connectivity index (χ3v) is 7.01. The lowest BCUT2D eigenvalue weighted by Gasteiger charge is -2.33. The molecular formula is C17H27N3O5S2. The molecule has 2 rings (SSSR count). The number of hydrogen-bond acceptors (Lipinski definition) is 5. The van der Waals surface area contributed by atoms with Crippen LogP contribution in [-0.2, 0) is 31.4 Å². The molecule has 10 heteroatoms. The van der Waals surface area contributed by atoms with Crippen molar-refractivity contribution in [2.24, 2.45) is 0 Å². The van der Waals surface area contributed by atoms with Gasteiger partial charge in [-0.2, -0.15) is 4.31 Å². The summed E-state index contributed by atoms with van der Waals surface area (Å²) in [6, 6.07) is 6.04. The smallest absolute Gasteiger partial charge is 0.238 e. The van der Waals surface area contributed by atoms with Crippen LogP contribution in [0.15, 0.2) is 24.3 Å². The van der Waals surface area contributed by atoms with Crippen molar-refractivity contribution < 1.29 is 21.6 Å². The zero-order valence-electron chi connectivity index (χ0n) is 15.6. The van der Waals surface area contributed by atoms with Crippen LogP contribution in [0.3, 0.4) is 0 Å². The van der Waals surface area contributed by atoms with Crippen LogP contribution >= 0.6 is 0 Å². The van der Waals surface area contributed by atoms with Crippen molar-refractivity contribution in [1.82, 2.24) is 9.62 Å². The normalized spacial score (nSPS) is 18.8. The van der Waals surface area contributed by atoms with Gasteiger partial charge in [-0.05, 0) is 30.9 Å². The Morgan fingerprint density at radius 3 is 2.56 bits per heavy atom. The van der Waals surface area contributed by atoms with E-state index in [0.717, 1.165) is 19.1 Å².